The summed E-state index contributed by atoms with van der Waals surface area (Å²) in [6.45, 7) is 6.18. The van der Waals surface area contributed by atoms with Gasteiger partial charge in [-0.25, -0.2) is 5.43 Å². The number of ether oxygens (including phenoxy) is 1. The van der Waals surface area contributed by atoms with Gasteiger partial charge in [0, 0.05) is 0 Å². The van der Waals surface area contributed by atoms with Gasteiger partial charge in [0.15, 0.2) is 6.61 Å². The number of alkyl halides is 2. The Kier molecular flexibility index (Phi) is 7.41. The van der Waals surface area contributed by atoms with Crippen molar-refractivity contribution in [1.29, 1.82) is 0 Å². The molecule has 1 amide bonds. The van der Waals surface area contributed by atoms with Gasteiger partial charge in [-0.3, -0.25) is 4.79 Å². The number of hydrogen-bond donors (Lipinski definition) is 1. The molecule has 0 radical (unpaired) electrons. The van der Waals surface area contributed by atoms with Crippen molar-refractivity contribution in [3.8, 4) is 5.75 Å². The Balaban J connectivity index is 1.75. The molecule has 5 nitrogen and oxygen atoms in total. The normalized spacial score (nSPS) is 11.9. The van der Waals surface area contributed by atoms with E-state index in [1.807, 2.05) is 24.3 Å². The maximum absolute atomic E-state index is 12.1. The Bertz CT molecular complexity index is 768. The molecule has 0 bridgehead atoms. The Morgan fingerprint density at radius 1 is 1.26 bits per heavy atom. The van der Waals surface area contributed by atoms with Crippen LogP contribution in [0.4, 0.5) is 8.78 Å². The predicted octanol–water partition coefficient (Wildman–Crippen LogP) is 4.56. The molecule has 1 aromatic carbocycles. The average molecular weight is 396 g/mol. The van der Waals surface area contributed by atoms with E-state index in [1.165, 1.54) is 11.8 Å². The Hall–Kier alpha value is -2.35. The van der Waals surface area contributed by atoms with Crippen LogP contribution in [0.2, 0.25) is 0 Å². The summed E-state index contributed by atoms with van der Waals surface area (Å²) < 4.78 is 35.0. The Morgan fingerprint density at radius 2 is 1.96 bits per heavy atom. The van der Waals surface area contributed by atoms with E-state index in [9.17, 15) is 13.6 Å². The number of nitrogens with zero attached hydrogens (tertiary/aromatic N) is 1. The largest absolute Gasteiger partial charge is 0.484 e. The fraction of sp³-hybridized carbons (Fsp3) is 0.368. The maximum atomic E-state index is 12.1. The number of hydrazone groups is 1. The van der Waals surface area contributed by atoms with E-state index in [-0.39, 0.29) is 17.8 Å². The van der Waals surface area contributed by atoms with Crippen LogP contribution >= 0.6 is 11.8 Å². The first-order valence-corrected chi connectivity index (χ1v) is 9.32. The second-order valence-electron chi connectivity index (χ2n) is 6.73. The highest BCUT2D eigenvalue weighted by Gasteiger charge is 2.13. The van der Waals surface area contributed by atoms with E-state index < -0.39 is 11.7 Å². The van der Waals surface area contributed by atoms with Crippen LogP contribution in [0.25, 0.3) is 0 Å². The SMILES string of the molecule is CC(C)(C)c1ccc(OCC(=O)N/N=C\c2ccc(CSC(F)F)o2)cc1. The minimum absolute atomic E-state index is 0.0501. The van der Waals surface area contributed by atoms with Crippen molar-refractivity contribution in [3.05, 3.63) is 53.5 Å². The van der Waals surface area contributed by atoms with Crippen molar-refractivity contribution >= 4 is 23.9 Å². The summed E-state index contributed by atoms with van der Waals surface area (Å²) in [4.78, 5) is 11.7. The first-order valence-electron chi connectivity index (χ1n) is 8.28. The zero-order valence-electron chi connectivity index (χ0n) is 15.4. The zero-order valence-corrected chi connectivity index (χ0v) is 16.2. The molecule has 0 fully saturated rings. The van der Waals surface area contributed by atoms with Crippen LogP contribution < -0.4 is 10.2 Å². The van der Waals surface area contributed by atoms with E-state index in [0.29, 0.717) is 29.0 Å². The summed E-state index contributed by atoms with van der Waals surface area (Å²) in [5, 5.41) is 3.76. The lowest BCUT2D eigenvalue weighted by Gasteiger charge is -2.19. The standard InChI is InChI=1S/C19H22F2N2O3S/c1-19(2,3)13-4-6-14(7-5-13)25-11-17(24)23-22-10-15-8-9-16(26-15)12-27-18(20)21/h4-10,18H,11-12H2,1-3H3,(H,23,24)/b22-10-. The summed E-state index contributed by atoms with van der Waals surface area (Å²) in [5.74, 6) is -1.44. The minimum atomic E-state index is -2.45. The third kappa shape index (κ3) is 7.42. The fourth-order valence-electron chi connectivity index (χ4n) is 2.09. The number of rotatable bonds is 8. The van der Waals surface area contributed by atoms with Gasteiger partial charge < -0.3 is 9.15 Å². The quantitative estimate of drug-likeness (QED) is 0.525. The molecule has 146 valence electrons. The van der Waals surface area contributed by atoms with Crippen LogP contribution in [0.3, 0.4) is 0 Å². The topological polar surface area (TPSA) is 63.8 Å². The number of hydrogen-bond acceptors (Lipinski definition) is 5. The van der Waals surface area contributed by atoms with E-state index in [0.717, 1.165) is 0 Å². The van der Waals surface area contributed by atoms with Gasteiger partial charge >= 0.3 is 0 Å². The molecule has 0 spiro atoms. The first kappa shape index (κ1) is 21.0. The first-order chi connectivity index (χ1) is 12.7. The highest BCUT2D eigenvalue weighted by molar-refractivity contribution is 7.98. The molecule has 0 aliphatic carbocycles. The Labute approximate surface area is 161 Å². The molecule has 0 atom stereocenters. The average Bonchev–Trinajstić information content (AvgIpc) is 3.05. The molecule has 0 saturated carbocycles. The molecule has 1 heterocycles. The lowest BCUT2D eigenvalue weighted by Crippen LogP contribution is -2.24. The highest BCUT2D eigenvalue weighted by atomic mass is 32.2. The van der Waals surface area contributed by atoms with Gasteiger partial charge in [0.2, 0.25) is 0 Å². The molecular weight excluding hydrogens is 374 g/mol. The fourth-order valence-corrected chi connectivity index (χ4v) is 2.53. The van der Waals surface area contributed by atoms with E-state index in [4.69, 9.17) is 9.15 Å². The predicted molar refractivity (Wildman–Crippen MR) is 102 cm³/mol. The molecule has 0 aliphatic heterocycles. The summed E-state index contributed by atoms with van der Waals surface area (Å²) in [6, 6.07) is 10.7. The van der Waals surface area contributed by atoms with Crippen molar-refractivity contribution in [2.24, 2.45) is 5.10 Å². The van der Waals surface area contributed by atoms with Gasteiger partial charge in [-0.15, -0.1) is 0 Å². The van der Waals surface area contributed by atoms with Crippen LogP contribution in [-0.2, 0) is 16.0 Å². The molecule has 2 rings (SSSR count). The van der Waals surface area contributed by atoms with E-state index in [1.54, 1.807) is 12.1 Å². The van der Waals surface area contributed by atoms with Gasteiger partial charge in [-0.2, -0.15) is 13.9 Å². The van der Waals surface area contributed by atoms with Gasteiger partial charge in [0.1, 0.15) is 17.3 Å². The van der Waals surface area contributed by atoms with Gasteiger partial charge in [0.25, 0.3) is 11.7 Å². The second-order valence-corrected chi connectivity index (χ2v) is 7.71. The molecule has 2 aromatic rings. The number of carbonyl (C=O) groups is 1. The number of halogens is 2. The van der Waals surface area contributed by atoms with Crippen LogP contribution in [-0.4, -0.2) is 24.5 Å². The minimum Gasteiger partial charge on any atom is -0.484 e. The summed E-state index contributed by atoms with van der Waals surface area (Å²) in [5.41, 5.74) is 3.54. The smallest absolute Gasteiger partial charge is 0.284 e. The van der Waals surface area contributed by atoms with Crippen LogP contribution in [0.1, 0.15) is 37.9 Å². The van der Waals surface area contributed by atoms with Crippen LogP contribution in [0.5, 0.6) is 5.75 Å². The van der Waals surface area contributed by atoms with Gasteiger partial charge in [-0.05, 0) is 35.2 Å². The third-order valence-electron chi connectivity index (χ3n) is 3.51. The second kappa shape index (κ2) is 9.55. The lowest BCUT2D eigenvalue weighted by molar-refractivity contribution is -0.123. The van der Waals surface area contributed by atoms with Crippen molar-refractivity contribution in [1.82, 2.24) is 5.43 Å². The number of benzene rings is 1. The van der Waals surface area contributed by atoms with Crippen LogP contribution in [0, 0.1) is 0 Å². The van der Waals surface area contributed by atoms with Crippen molar-refractivity contribution in [2.75, 3.05) is 6.61 Å². The summed E-state index contributed by atoms with van der Waals surface area (Å²) >= 11 is 0.475. The number of amides is 1. The van der Waals surface area contributed by atoms with Crippen molar-refractivity contribution < 1.29 is 22.7 Å². The van der Waals surface area contributed by atoms with Crippen molar-refractivity contribution in [2.45, 2.75) is 37.7 Å². The molecule has 1 aromatic heterocycles. The van der Waals surface area contributed by atoms with Crippen LogP contribution in [0.15, 0.2) is 45.9 Å². The Morgan fingerprint density at radius 3 is 2.59 bits per heavy atom. The molecule has 0 saturated heterocycles. The zero-order chi connectivity index (χ0) is 19.9. The van der Waals surface area contributed by atoms with Gasteiger partial charge in [-0.1, -0.05) is 44.7 Å². The number of furan rings is 1. The van der Waals surface area contributed by atoms with E-state index in [2.05, 4.69) is 31.3 Å². The molecule has 27 heavy (non-hydrogen) atoms. The molecule has 1 N–H and O–H groups in total. The van der Waals surface area contributed by atoms with E-state index >= 15 is 0 Å². The highest BCUT2D eigenvalue weighted by Crippen LogP contribution is 2.24. The van der Waals surface area contributed by atoms with Gasteiger partial charge in [0.05, 0.1) is 12.0 Å². The maximum Gasteiger partial charge on any atom is 0.284 e. The summed E-state index contributed by atoms with van der Waals surface area (Å²) in [6.07, 6.45) is 1.30. The molecule has 0 unspecified atom stereocenters. The third-order valence-corrected chi connectivity index (χ3v) is 4.21. The molecule has 0 aliphatic rings. The van der Waals surface area contributed by atoms with Crippen molar-refractivity contribution in [3.63, 3.8) is 0 Å². The number of carbonyl (C=O) groups excluding carboxylic acids is 1. The number of nitrogens with one attached hydrogen (secondary N) is 1. The monoisotopic (exact) mass is 396 g/mol. The molecule has 8 heteroatoms. The number of thioether (sulfide) groups is 1. The lowest BCUT2D eigenvalue weighted by atomic mass is 9.87. The summed E-state index contributed by atoms with van der Waals surface area (Å²) in [7, 11) is 0. The molecular formula is C19H22F2N2O3S.